The van der Waals surface area contributed by atoms with Gasteiger partial charge in [0.1, 0.15) is 5.82 Å². The van der Waals surface area contributed by atoms with Crippen molar-refractivity contribution in [2.75, 3.05) is 25.0 Å². The summed E-state index contributed by atoms with van der Waals surface area (Å²) in [4.78, 5) is 33.9. The van der Waals surface area contributed by atoms with Gasteiger partial charge in [-0.25, -0.2) is 4.39 Å². The van der Waals surface area contributed by atoms with Crippen LogP contribution in [0.5, 0.6) is 0 Å². The van der Waals surface area contributed by atoms with Crippen molar-refractivity contribution in [1.82, 2.24) is 14.8 Å². The van der Waals surface area contributed by atoms with Crippen LogP contribution in [-0.4, -0.2) is 52.3 Å². The van der Waals surface area contributed by atoms with E-state index in [2.05, 4.69) is 29.0 Å². The van der Waals surface area contributed by atoms with Gasteiger partial charge in [-0.3, -0.25) is 19.5 Å². The zero-order valence-corrected chi connectivity index (χ0v) is 19.9. The minimum absolute atomic E-state index is 0.111. The summed E-state index contributed by atoms with van der Waals surface area (Å²) in [6, 6.07) is 6.50. The summed E-state index contributed by atoms with van der Waals surface area (Å²) < 4.78 is 14.4. The van der Waals surface area contributed by atoms with Gasteiger partial charge in [0.05, 0.1) is 5.56 Å². The summed E-state index contributed by atoms with van der Waals surface area (Å²) in [5.74, 6) is 0.240. The maximum Gasteiger partial charge on any atom is 0.257 e. The maximum atomic E-state index is 14.4. The SMILES string of the molecule is Cc1ccc(C(=O)Nc2cc(F)cc(CN3CCN(C(=O)C(C)C4CC4)C(C)C3)c2C)cn1. The van der Waals surface area contributed by atoms with E-state index >= 15 is 0 Å². The standard InChI is InChI=1S/C26H33FN4O2/c1-16-5-6-21(13-28-16)25(32)29-24-12-23(27)11-22(18(24)3)15-30-9-10-31(17(2)14-30)26(33)19(4)20-7-8-20/h5-6,11-13,17,19-20H,7-10,14-15H2,1-4H3,(H,29,32). The summed E-state index contributed by atoms with van der Waals surface area (Å²) in [7, 11) is 0. The van der Waals surface area contributed by atoms with Crippen molar-refractivity contribution in [3.05, 3.63) is 58.7 Å². The Morgan fingerprint density at radius 2 is 1.97 bits per heavy atom. The highest BCUT2D eigenvalue weighted by Crippen LogP contribution is 2.38. The molecule has 2 amide bonds. The molecule has 1 aliphatic heterocycles. The van der Waals surface area contributed by atoms with Crippen LogP contribution in [-0.2, 0) is 11.3 Å². The third-order valence-corrected chi connectivity index (χ3v) is 7.01. The van der Waals surface area contributed by atoms with Gasteiger partial charge in [-0.1, -0.05) is 6.92 Å². The van der Waals surface area contributed by atoms with Crippen molar-refractivity contribution in [2.45, 2.75) is 53.1 Å². The number of nitrogens with zero attached hydrogens (tertiary/aromatic N) is 3. The number of hydrogen-bond donors (Lipinski definition) is 1. The Kier molecular flexibility index (Phi) is 6.79. The summed E-state index contributed by atoms with van der Waals surface area (Å²) in [6.45, 7) is 10.7. The number of anilines is 1. The summed E-state index contributed by atoms with van der Waals surface area (Å²) in [5.41, 5.74) is 3.41. The number of aryl methyl sites for hydroxylation is 1. The summed E-state index contributed by atoms with van der Waals surface area (Å²) >= 11 is 0. The number of hydrogen-bond acceptors (Lipinski definition) is 4. The Morgan fingerprint density at radius 3 is 2.61 bits per heavy atom. The third-order valence-electron chi connectivity index (χ3n) is 7.01. The fourth-order valence-corrected chi connectivity index (χ4v) is 4.63. The molecule has 0 radical (unpaired) electrons. The first-order valence-electron chi connectivity index (χ1n) is 11.8. The fourth-order valence-electron chi connectivity index (χ4n) is 4.63. The minimum atomic E-state index is -0.381. The molecule has 2 aliphatic rings. The van der Waals surface area contributed by atoms with Gasteiger partial charge in [0.15, 0.2) is 0 Å². The van der Waals surface area contributed by atoms with E-state index in [0.29, 0.717) is 30.3 Å². The van der Waals surface area contributed by atoms with Crippen LogP contribution in [0.4, 0.5) is 10.1 Å². The molecular weight excluding hydrogens is 419 g/mol. The van der Waals surface area contributed by atoms with E-state index in [0.717, 1.165) is 29.9 Å². The number of pyridine rings is 1. The molecule has 1 aromatic carbocycles. The molecule has 1 aromatic heterocycles. The molecule has 7 heteroatoms. The van der Waals surface area contributed by atoms with Gasteiger partial charge in [0.2, 0.25) is 5.91 Å². The lowest BCUT2D eigenvalue weighted by Gasteiger charge is -2.41. The van der Waals surface area contributed by atoms with Crippen LogP contribution in [0.15, 0.2) is 30.5 Å². The summed E-state index contributed by atoms with van der Waals surface area (Å²) in [6.07, 6.45) is 3.85. The molecule has 2 atom stereocenters. The van der Waals surface area contributed by atoms with Crippen molar-refractivity contribution in [3.8, 4) is 0 Å². The number of piperazine rings is 1. The minimum Gasteiger partial charge on any atom is -0.337 e. The number of rotatable bonds is 6. The van der Waals surface area contributed by atoms with E-state index in [-0.39, 0.29) is 29.6 Å². The van der Waals surface area contributed by atoms with Crippen molar-refractivity contribution in [2.24, 2.45) is 11.8 Å². The quantitative estimate of drug-likeness (QED) is 0.715. The molecule has 2 fully saturated rings. The van der Waals surface area contributed by atoms with Crippen molar-refractivity contribution in [3.63, 3.8) is 0 Å². The Bertz CT molecular complexity index is 1040. The number of carbonyl (C=O) groups is 2. The predicted molar refractivity (Wildman–Crippen MR) is 126 cm³/mol. The van der Waals surface area contributed by atoms with Crippen molar-refractivity contribution in [1.29, 1.82) is 0 Å². The van der Waals surface area contributed by atoms with Crippen molar-refractivity contribution < 1.29 is 14.0 Å². The number of halogens is 1. The molecule has 0 spiro atoms. The molecule has 0 bridgehead atoms. The normalized spacial score (nSPS) is 19.9. The first kappa shape index (κ1) is 23.4. The van der Waals surface area contributed by atoms with Crippen LogP contribution >= 0.6 is 0 Å². The Hall–Kier alpha value is -2.80. The zero-order chi connectivity index (χ0) is 23.7. The number of nitrogens with one attached hydrogen (secondary N) is 1. The zero-order valence-electron chi connectivity index (χ0n) is 19.9. The largest absolute Gasteiger partial charge is 0.337 e. The third kappa shape index (κ3) is 5.41. The van der Waals surface area contributed by atoms with Gasteiger partial charge in [-0.05, 0) is 74.9 Å². The molecule has 176 valence electrons. The van der Waals surface area contributed by atoms with Gasteiger partial charge in [-0.2, -0.15) is 0 Å². The van der Waals surface area contributed by atoms with Gasteiger partial charge in [0.25, 0.3) is 5.91 Å². The predicted octanol–water partition coefficient (Wildman–Crippen LogP) is 4.17. The molecule has 1 N–H and O–H groups in total. The topological polar surface area (TPSA) is 65.5 Å². The Balaban J connectivity index is 1.42. The Morgan fingerprint density at radius 1 is 1.21 bits per heavy atom. The van der Waals surface area contributed by atoms with Crippen LogP contribution in [0, 0.1) is 31.5 Å². The smallest absolute Gasteiger partial charge is 0.257 e. The molecule has 2 heterocycles. The number of benzene rings is 1. The second-order valence-corrected chi connectivity index (χ2v) is 9.62. The second kappa shape index (κ2) is 9.59. The molecule has 1 saturated carbocycles. The molecule has 1 saturated heterocycles. The highest BCUT2D eigenvalue weighted by molar-refractivity contribution is 6.04. The fraction of sp³-hybridized carbons (Fsp3) is 0.500. The Labute approximate surface area is 195 Å². The van der Waals surface area contributed by atoms with Gasteiger partial charge in [0, 0.05) is 55.7 Å². The molecule has 2 unspecified atom stereocenters. The number of amides is 2. The molecule has 2 aromatic rings. The highest BCUT2D eigenvalue weighted by Gasteiger charge is 2.37. The van der Waals surface area contributed by atoms with E-state index in [4.69, 9.17) is 0 Å². The molecular formula is C26H33FN4O2. The van der Waals surface area contributed by atoms with Crippen LogP contribution in [0.3, 0.4) is 0 Å². The number of carbonyl (C=O) groups excluding carboxylic acids is 2. The lowest BCUT2D eigenvalue weighted by atomic mass is 10.0. The van der Waals surface area contributed by atoms with Crippen LogP contribution in [0.1, 0.15) is 53.9 Å². The lowest BCUT2D eigenvalue weighted by Crippen LogP contribution is -2.55. The van der Waals surface area contributed by atoms with Crippen LogP contribution < -0.4 is 5.32 Å². The van der Waals surface area contributed by atoms with Crippen molar-refractivity contribution >= 4 is 17.5 Å². The monoisotopic (exact) mass is 452 g/mol. The number of aromatic nitrogens is 1. The highest BCUT2D eigenvalue weighted by atomic mass is 19.1. The van der Waals surface area contributed by atoms with E-state index in [1.54, 1.807) is 12.1 Å². The second-order valence-electron chi connectivity index (χ2n) is 9.62. The van der Waals surface area contributed by atoms with E-state index in [9.17, 15) is 14.0 Å². The average molecular weight is 453 g/mol. The van der Waals surface area contributed by atoms with Gasteiger partial charge in [-0.15, -0.1) is 0 Å². The van der Waals surface area contributed by atoms with Gasteiger partial charge >= 0.3 is 0 Å². The molecule has 1 aliphatic carbocycles. The van der Waals surface area contributed by atoms with E-state index < -0.39 is 0 Å². The maximum absolute atomic E-state index is 14.4. The summed E-state index contributed by atoms with van der Waals surface area (Å²) in [5, 5.41) is 2.83. The molecule has 6 nitrogen and oxygen atoms in total. The van der Waals surface area contributed by atoms with Crippen LogP contribution in [0.2, 0.25) is 0 Å². The molecule has 33 heavy (non-hydrogen) atoms. The van der Waals surface area contributed by atoms with Crippen LogP contribution in [0.25, 0.3) is 0 Å². The lowest BCUT2D eigenvalue weighted by molar-refractivity contribution is -0.140. The van der Waals surface area contributed by atoms with Gasteiger partial charge < -0.3 is 10.2 Å². The molecule has 4 rings (SSSR count). The first-order chi connectivity index (χ1) is 15.7. The van der Waals surface area contributed by atoms with E-state index in [1.807, 2.05) is 18.7 Å². The average Bonchev–Trinajstić information content (AvgIpc) is 3.62. The van der Waals surface area contributed by atoms with E-state index in [1.165, 1.54) is 31.2 Å². The first-order valence-corrected chi connectivity index (χ1v) is 11.8.